The summed E-state index contributed by atoms with van der Waals surface area (Å²) in [6.45, 7) is 9.23. The number of halogens is 2. The van der Waals surface area contributed by atoms with Crippen molar-refractivity contribution in [3.8, 4) is 10.4 Å². The molecule has 0 N–H and O–H groups in total. The van der Waals surface area contributed by atoms with Crippen LogP contribution in [-0.4, -0.2) is 4.98 Å². The zero-order chi connectivity index (χ0) is 20.4. The highest BCUT2D eigenvalue weighted by atomic mass is 35.5. The Bertz CT molecular complexity index is 913. The molecule has 1 atom stereocenters. The summed E-state index contributed by atoms with van der Waals surface area (Å²) in [4.78, 5) is 6.01. The molecule has 0 amide bonds. The SMILES string of the molecule is CCC(C)(CCC(C)(C)c1ccc(Cl)cc1)c1ncc(-c2ccc(Cl)cc2)s1. The Morgan fingerprint density at radius 2 is 1.43 bits per heavy atom. The van der Waals surface area contributed by atoms with E-state index in [-0.39, 0.29) is 10.8 Å². The fraction of sp³-hybridized carbons (Fsp3) is 0.375. The van der Waals surface area contributed by atoms with Crippen molar-refractivity contribution < 1.29 is 0 Å². The number of rotatable bonds is 7. The average Bonchev–Trinajstić information content (AvgIpc) is 3.18. The maximum atomic E-state index is 6.06. The van der Waals surface area contributed by atoms with Gasteiger partial charge in [0.05, 0.1) is 9.88 Å². The Morgan fingerprint density at radius 1 is 0.857 bits per heavy atom. The van der Waals surface area contributed by atoms with Gasteiger partial charge >= 0.3 is 0 Å². The van der Waals surface area contributed by atoms with E-state index in [1.165, 1.54) is 21.0 Å². The first-order valence-corrected chi connectivity index (χ1v) is 11.3. The Hall–Kier alpha value is -1.35. The van der Waals surface area contributed by atoms with Gasteiger partial charge in [-0.05, 0) is 60.1 Å². The zero-order valence-electron chi connectivity index (χ0n) is 16.9. The third-order valence-corrected chi connectivity index (χ3v) is 7.72. The fourth-order valence-corrected chi connectivity index (χ4v) is 4.79. The Kier molecular flexibility index (Phi) is 6.54. The highest BCUT2D eigenvalue weighted by molar-refractivity contribution is 7.15. The van der Waals surface area contributed by atoms with Crippen molar-refractivity contribution in [3.63, 3.8) is 0 Å². The van der Waals surface area contributed by atoms with Crippen molar-refractivity contribution in [1.29, 1.82) is 0 Å². The second kappa shape index (κ2) is 8.57. The summed E-state index contributed by atoms with van der Waals surface area (Å²) in [5.74, 6) is 0. The monoisotopic (exact) mass is 431 g/mol. The van der Waals surface area contributed by atoms with Crippen LogP contribution in [0.15, 0.2) is 54.7 Å². The van der Waals surface area contributed by atoms with Crippen LogP contribution in [0.25, 0.3) is 10.4 Å². The van der Waals surface area contributed by atoms with E-state index < -0.39 is 0 Å². The predicted molar refractivity (Wildman–Crippen MR) is 124 cm³/mol. The van der Waals surface area contributed by atoms with E-state index >= 15 is 0 Å². The van der Waals surface area contributed by atoms with Crippen LogP contribution < -0.4 is 0 Å². The van der Waals surface area contributed by atoms with Crippen LogP contribution in [0.4, 0.5) is 0 Å². The van der Waals surface area contributed by atoms with Crippen LogP contribution in [0.5, 0.6) is 0 Å². The van der Waals surface area contributed by atoms with Crippen LogP contribution in [0.3, 0.4) is 0 Å². The van der Waals surface area contributed by atoms with Crippen molar-refractivity contribution in [2.45, 2.75) is 57.8 Å². The summed E-state index contributed by atoms with van der Waals surface area (Å²) >= 11 is 13.9. The average molecular weight is 432 g/mol. The smallest absolute Gasteiger partial charge is 0.0990 e. The quantitative estimate of drug-likeness (QED) is 0.364. The number of hydrogen-bond acceptors (Lipinski definition) is 2. The summed E-state index contributed by atoms with van der Waals surface area (Å²) in [7, 11) is 0. The van der Waals surface area contributed by atoms with Gasteiger partial charge in [0.15, 0.2) is 0 Å². The van der Waals surface area contributed by atoms with Gasteiger partial charge in [-0.25, -0.2) is 4.98 Å². The lowest BCUT2D eigenvalue weighted by atomic mass is 9.74. The van der Waals surface area contributed by atoms with E-state index in [1.807, 2.05) is 30.5 Å². The first kappa shape index (κ1) is 21.4. The standard InChI is InChI=1S/C24H27Cl2NS/c1-5-24(4,15-14-23(2,3)18-8-12-20(26)13-9-18)22-27-16-21(28-22)17-6-10-19(25)11-7-17/h6-13,16H,5,14-15H2,1-4H3. The lowest BCUT2D eigenvalue weighted by Crippen LogP contribution is -2.26. The predicted octanol–water partition coefficient (Wildman–Crippen LogP) is 8.54. The minimum Gasteiger partial charge on any atom is -0.248 e. The molecule has 0 spiro atoms. The molecule has 0 aliphatic rings. The Morgan fingerprint density at radius 3 is 2.00 bits per heavy atom. The van der Waals surface area contributed by atoms with Crippen LogP contribution in [-0.2, 0) is 10.8 Å². The highest BCUT2D eigenvalue weighted by Crippen LogP contribution is 2.41. The van der Waals surface area contributed by atoms with Crippen LogP contribution >= 0.6 is 34.5 Å². The first-order valence-electron chi connectivity index (χ1n) is 9.72. The maximum absolute atomic E-state index is 6.06. The molecule has 1 heterocycles. The van der Waals surface area contributed by atoms with E-state index in [4.69, 9.17) is 28.2 Å². The minimum absolute atomic E-state index is 0.0685. The number of hydrogen-bond donors (Lipinski definition) is 0. The summed E-state index contributed by atoms with van der Waals surface area (Å²) < 4.78 is 0. The number of aromatic nitrogens is 1. The van der Waals surface area contributed by atoms with E-state index in [2.05, 4.69) is 52.0 Å². The van der Waals surface area contributed by atoms with Crippen molar-refractivity contribution in [3.05, 3.63) is 75.3 Å². The molecule has 1 aromatic heterocycles. The molecule has 0 bridgehead atoms. The van der Waals surface area contributed by atoms with Gasteiger partial charge in [0.1, 0.15) is 0 Å². The second-order valence-electron chi connectivity index (χ2n) is 8.34. The van der Waals surface area contributed by atoms with E-state index in [1.54, 1.807) is 11.3 Å². The van der Waals surface area contributed by atoms with Crippen molar-refractivity contribution in [2.24, 2.45) is 0 Å². The number of thiazole rings is 1. The van der Waals surface area contributed by atoms with Gasteiger partial charge in [0.25, 0.3) is 0 Å². The molecular weight excluding hydrogens is 405 g/mol. The first-order chi connectivity index (χ1) is 13.2. The van der Waals surface area contributed by atoms with E-state index in [0.717, 1.165) is 29.3 Å². The molecule has 0 saturated heterocycles. The van der Waals surface area contributed by atoms with Gasteiger partial charge in [-0.3, -0.25) is 0 Å². The minimum atomic E-state index is 0.0685. The molecule has 0 radical (unpaired) electrons. The largest absolute Gasteiger partial charge is 0.248 e. The van der Waals surface area contributed by atoms with Gasteiger partial charge in [-0.1, -0.05) is 75.2 Å². The highest BCUT2D eigenvalue weighted by Gasteiger charge is 2.31. The van der Waals surface area contributed by atoms with Crippen molar-refractivity contribution >= 4 is 34.5 Å². The van der Waals surface area contributed by atoms with E-state index in [0.29, 0.717) is 0 Å². The topological polar surface area (TPSA) is 12.9 Å². The fourth-order valence-electron chi connectivity index (χ4n) is 3.37. The van der Waals surface area contributed by atoms with Gasteiger partial charge < -0.3 is 0 Å². The third-order valence-electron chi connectivity index (χ3n) is 5.86. The van der Waals surface area contributed by atoms with Crippen LogP contribution in [0.1, 0.15) is 57.5 Å². The van der Waals surface area contributed by atoms with Crippen molar-refractivity contribution in [1.82, 2.24) is 4.98 Å². The molecule has 2 aromatic carbocycles. The molecule has 28 heavy (non-hydrogen) atoms. The normalized spacial score (nSPS) is 14.1. The molecule has 1 nitrogen and oxygen atoms in total. The Balaban J connectivity index is 1.77. The lowest BCUT2D eigenvalue weighted by Gasteiger charge is -2.32. The van der Waals surface area contributed by atoms with Crippen molar-refractivity contribution in [2.75, 3.05) is 0 Å². The molecule has 148 valence electrons. The molecule has 0 aliphatic heterocycles. The Labute approximate surface area is 182 Å². The second-order valence-corrected chi connectivity index (χ2v) is 10.2. The van der Waals surface area contributed by atoms with E-state index in [9.17, 15) is 0 Å². The van der Waals surface area contributed by atoms with Crippen LogP contribution in [0.2, 0.25) is 10.0 Å². The molecular formula is C24H27Cl2NS. The van der Waals surface area contributed by atoms with Gasteiger partial charge in [-0.15, -0.1) is 11.3 Å². The number of benzene rings is 2. The molecule has 3 rings (SSSR count). The molecule has 0 fully saturated rings. The summed E-state index contributed by atoms with van der Waals surface area (Å²) in [5, 5.41) is 2.76. The molecule has 0 saturated carbocycles. The molecule has 1 unspecified atom stereocenters. The van der Waals surface area contributed by atoms with Gasteiger partial charge in [0, 0.05) is 21.7 Å². The van der Waals surface area contributed by atoms with Gasteiger partial charge in [-0.2, -0.15) is 0 Å². The van der Waals surface area contributed by atoms with Crippen LogP contribution in [0, 0.1) is 0 Å². The molecule has 0 aliphatic carbocycles. The summed E-state index contributed by atoms with van der Waals surface area (Å²) in [6, 6.07) is 16.3. The third kappa shape index (κ3) is 4.79. The maximum Gasteiger partial charge on any atom is 0.0990 e. The summed E-state index contributed by atoms with van der Waals surface area (Å²) in [5.41, 5.74) is 2.67. The number of nitrogens with zero attached hydrogens (tertiary/aromatic N) is 1. The molecule has 4 heteroatoms. The molecule has 3 aromatic rings. The van der Waals surface area contributed by atoms with Gasteiger partial charge in [0.2, 0.25) is 0 Å². The summed E-state index contributed by atoms with van der Waals surface area (Å²) in [6.07, 6.45) is 5.25. The lowest BCUT2D eigenvalue weighted by molar-refractivity contribution is 0.344. The zero-order valence-corrected chi connectivity index (χ0v) is 19.3.